The number of imide groups is 1. The van der Waals surface area contributed by atoms with E-state index in [4.69, 9.17) is 9.47 Å². The first-order chi connectivity index (χ1) is 18.8. The van der Waals surface area contributed by atoms with Crippen molar-refractivity contribution in [2.45, 2.75) is 58.4 Å². The molecule has 4 rings (SSSR count). The molecular formula is C31H40N2O6. The summed E-state index contributed by atoms with van der Waals surface area (Å²) in [7, 11) is 1.61. The molecular weight excluding hydrogens is 496 g/mol. The first kappa shape index (κ1) is 28.6. The topological polar surface area (TPSA) is 96.4 Å². The van der Waals surface area contributed by atoms with Crippen LogP contribution in [0.15, 0.2) is 42.5 Å². The number of carboxylic acid groups (broad SMARTS) is 1. The molecule has 1 saturated heterocycles. The van der Waals surface area contributed by atoms with Crippen molar-refractivity contribution in [3.63, 3.8) is 0 Å². The molecule has 1 heterocycles. The molecule has 1 aliphatic heterocycles. The van der Waals surface area contributed by atoms with Gasteiger partial charge in [-0.25, -0.2) is 0 Å². The predicted octanol–water partition coefficient (Wildman–Crippen LogP) is 4.47. The van der Waals surface area contributed by atoms with Crippen LogP contribution in [-0.2, 0) is 27.3 Å². The van der Waals surface area contributed by atoms with Crippen LogP contribution in [-0.4, -0.2) is 66.0 Å². The third-order valence-corrected chi connectivity index (χ3v) is 7.91. The standard InChI is InChI=1S/C31H40N2O6/c1-22-3-5-23(6-4-22)15-16-32(20-24-7-10-26(11-8-24)31(36)37)21-25-9-12-27(28(19-25)38-2)39-18-17-33-29(34)13-14-30(33)35/h3-6,9,12,19,24,26H,7-8,10-11,13-18,20-21H2,1-2H3,(H,36,37). The Balaban J connectivity index is 1.39. The van der Waals surface area contributed by atoms with E-state index < -0.39 is 5.97 Å². The summed E-state index contributed by atoms with van der Waals surface area (Å²) in [6, 6.07) is 14.6. The minimum absolute atomic E-state index is 0.145. The van der Waals surface area contributed by atoms with Gasteiger partial charge in [0, 0.05) is 32.5 Å². The second-order valence-electron chi connectivity index (χ2n) is 10.8. The van der Waals surface area contributed by atoms with Crippen LogP contribution in [0.3, 0.4) is 0 Å². The number of aryl methyl sites for hydroxylation is 1. The number of benzene rings is 2. The van der Waals surface area contributed by atoms with Gasteiger partial charge >= 0.3 is 5.97 Å². The molecule has 1 N–H and O–H groups in total. The van der Waals surface area contributed by atoms with Crippen molar-refractivity contribution >= 4 is 17.8 Å². The van der Waals surface area contributed by atoms with Crippen molar-refractivity contribution in [2.75, 3.05) is 33.4 Å². The molecule has 2 amide bonds. The average Bonchev–Trinajstić information content (AvgIpc) is 3.25. The van der Waals surface area contributed by atoms with Crippen LogP contribution < -0.4 is 9.47 Å². The Morgan fingerprint density at radius 3 is 2.28 bits per heavy atom. The molecule has 210 valence electrons. The Kier molecular flexibility index (Phi) is 9.98. The van der Waals surface area contributed by atoms with Gasteiger partial charge in [-0.15, -0.1) is 0 Å². The summed E-state index contributed by atoms with van der Waals surface area (Å²) in [5, 5.41) is 9.37. The summed E-state index contributed by atoms with van der Waals surface area (Å²) in [6.45, 7) is 5.12. The SMILES string of the molecule is COc1cc(CN(CCc2ccc(C)cc2)CC2CCC(C(=O)O)CC2)ccc1OCCN1C(=O)CCC1=O. The molecule has 39 heavy (non-hydrogen) atoms. The molecule has 1 aliphatic carbocycles. The molecule has 0 unspecified atom stereocenters. The number of likely N-dealkylation sites (tertiary alicyclic amines) is 1. The molecule has 8 nitrogen and oxygen atoms in total. The monoisotopic (exact) mass is 536 g/mol. The molecule has 1 saturated carbocycles. The fourth-order valence-corrected chi connectivity index (χ4v) is 5.54. The van der Waals surface area contributed by atoms with E-state index in [1.54, 1.807) is 7.11 Å². The van der Waals surface area contributed by atoms with E-state index in [9.17, 15) is 19.5 Å². The third kappa shape index (κ3) is 8.05. The second kappa shape index (κ2) is 13.6. The van der Waals surface area contributed by atoms with Crippen LogP contribution in [0, 0.1) is 18.8 Å². The molecule has 0 aromatic heterocycles. The Morgan fingerprint density at radius 1 is 0.974 bits per heavy atom. The van der Waals surface area contributed by atoms with Gasteiger partial charge in [0.1, 0.15) is 6.61 Å². The highest BCUT2D eigenvalue weighted by Gasteiger charge is 2.29. The number of aliphatic carboxylic acids is 1. The lowest BCUT2D eigenvalue weighted by molar-refractivity contribution is -0.143. The number of carbonyl (C=O) groups excluding carboxylic acids is 2. The van der Waals surface area contributed by atoms with E-state index in [1.807, 2.05) is 18.2 Å². The van der Waals surface area contributed by atoms with Crippen molar-refractivity contribution in [1.82, 2.24) is 9.80 Å². The molecule has 0 radical (unpaired) electrons. The van der Waals surface area contributed by atoms with Gasteiger partial charge in [0.05, 0.1) is 19.6 Å². The van der Waals surface area contributed by atoms with Crippen LogP contribution in [0.2, 0.25) is 0 Å². The lowest BCUT2D eigenvalue weighted by atomic mass is 9.82. The third-order valence-electron chi connectivity index (χ3n) is 7.91. The normalized spacial score (nSPS) is 19.5. The average molecular weight is 537 g/mol. The van der Waals surface area contributed by atoms with E-state index >= 15 is 0 Å². The highest BCUT2D eigenvalue weighted by molar-refractivity contribution is 6.01. The zero-order valence-electron chi connectivity index (χ0n) is 23.1. The van der Waals surface area contributed by atoms with E-state index in [2.05, 4.69) is 36.1 Å². The number of carbonyl (C=O) groups is 3. The van der Waals surface area contributed by atoms with Crippen LogP contribution in [0.5, 0.6) is 11.5 Å². The summed E-state index contributed by atoms with van der Waals surface area (Å²) in [6.07, 6.45) is 4.88. The molecule has 0 atom stereocenters. The summed E-state index contributed by atoms with van der Waals surface area (Å²) in [5.41, 5.74) is 3.66. The molecule has 0 spiro atoms. The minimum atomic E-state index is -0.669. The Labute approximate surface area is 230 Å². The van der Waals surface area contributed by atoms with Gasteiger partial charge < -0.3 is 14.6 Å². The zero-order chi connectivity index (χ0) is 27.8. The summed E-state index contributed by atoms with van der Waals surface area (Å²) in [4.78, 5) is 38.8. The van der Waals surface area contributed by atoms with E-state index in [0.717, 1.165) is 57.3 Å². The highest BCUT2D eigenvalue weighted by Crippen LogP contribution is 2.31. The van der Waals surface area contributed by atoms with Crippen molar-refractivity contribution in [3.05, 3.63) is 59.2 Å². The second-order valence-corrected chi connectivity index (χ2v) is 10.8. The number of hydrogen-bond acceptors (Lipinski definition) is 6. The van der Waals surface area contributed by atoms with Gasteiger partial charge in [0.15, 0.2) is 11.5 Å². The van der Waals surface area contributed by atoms with Crippen molar-refractivity contribution in [2.24, 2.45) is 11.8 Å². The van der Waals surface area contributed by atoms with Gasteiger partial charge in [-0.1, -0.05) is 35.9 Å². The summed E-state index contributed by atoms with van der Waals surface area (Å²) >= 11 is 0. The first-order valence-electron chi connectivity index (χ1n) is 14.0. The maximum Gasteiger partial charge on any atom is 0.306 e. The van der Waals surface area contributed by atoms with E-state index in [-0.39, 0.29) is 43.7 Å². The van der Waals surface area contributed by atoms with Gasteiger partial charge in [0.25, 0.3) is 0 Å². The number of hydrogen-bond donors (Lipinski definition) is 1. The Hall–Kier alpha value is -3.39. The highest BCUT2D eigenvalue weighted by atomic mass is 16.5. The smallest absolute Gasteiger partial charge is 0.306 e. The van der Waals surface area contributed by atoms with Gasteiger partial charge in [-0.05, 0) is 68.2 Å². The fourth-order valence-electron chi connectivity index (χ4n) is 5.54. The van der Waals surface area contributed by atoms with Crippen LogP contribution in [0.1, 0.15) is 55.2 Å². The van der Waals surface area contributed by atoms with Gasteiger partial charge in [-0.3, -0.25) is 24.2 Å². The maximum atomic E-state index is 11.8. The number of nitrogens with zero attached hydrogens (tertiary/aromatic N) is 2. The first-order valence-corrected chi connectivity index (χ1v) is 14.0. The molecule has 2 aliphatic rings. The van der Waals surface area contributed by atoms with E-state index in [0.29, 0.717) is 17.4 Å². The lowest BCUT2D eigenvalue weighted by Gasteiger charge is -2.32. The van der Waals surface area contributed by atoms with Gasteiger partial charge in [0.2, 0.25) is 11.8 Å². The molecule has 2 aromatic rings. The number of amides is 2. The van der Waals surface area contributed by atoms with Crippen LogP contribution in [0.4, 0.5) is 0 Å². The quantitative estimate of drug-likeness (QED) is 0.378. The van der Waals surface area contributed by atoms with Crippen LogP contribution >= 0.6 is 0 Å². The van der Waals surface area contributed by atoms with E-state index in [1.165, 1.54) is 16.0 Å². The number of carboxylic acids is 1. The summed E-state index contributed by atoms with van der Waals surface area (Å²) < 4.78 is 11.5. The molecule has 8 heteroatoms. The molecule has 2 fully saturated rings. The van der Waals surface area contributed by atoms with Gasteiger partial charge in [-0.2, -0.15) is 0 Å². The zero-order valence-corrected chi connectivity index (χ0v) is 23.1. The largest absolute Gasteiger partial charge is 0.493 e. The number of methoxy groups -OCH3 is 1. The van der Waals surface area contributed by atoms with Crippen LogP contribution in [0.25, 0.3) is 0 Å². The van der Waals surface area contributed by atoms with Crippen molar-refractivity contribution < 1.29 is 29.0 Å². The lowest BCUT2D eigenvalue weighted by Crippen LogP contribution is -2.34. The molecule has 2 aromatic carbocycles. The minimum Gasteiger partial charge on any atom is -0.493 e. The summed E-state index contributed by atoms with van der Waals surface area (Å²) in [5.74, 6) is 0.518. The van der Waals surface area contributed by atoms with Crippen molar-refractivity contribution in [3.8, 4) is 11.5 Å². The number of rotatable bonds is 13. The predicted molar refractivity (Wildman–Crippen MR) is 148 cm³/mol. The molecule has 0 bridgehead atoms. The Morgan fingerprint density at radius 2 is 1.64 bits per heavy atom. The van der Waals surface area contributed by atoms with Crippen molar-refractivity contribution in [1.29, 1.82) is 0 Å². The Bertz CT molecular complexity index is 1120. The maximum absolute atomic E-state index is 11.8. The fraction of sp³-hybridized carbons (Fsp3) is 0.516. The number of ether oxygens (including phenoxy) is 2.